The van der Waals surface area contributed by atoms with Crippen molar-refractivity contribution in [3.63, 3.8) is 0 Å². The van der Waals surface area contributed by atoms with Gasteiger partial charge in [0.2, 0.25) is 11.8 Å². The Kier molecular flexibility index (Phi) is 11.1. The Morgan fingerprint density at radius 1 is 1.03 bits per heavy atom. The van der Waals surface area contributed by atoms with E-state index in [2.05, 4.69) is 23.8 Å². The highest BCUT2D eigenvalue weighted by Crippen LogP contribution is 2.17. The van der Waals surface area contributed by atoms with Gasteiger partial charge in [-0.25, -0.2) is 0 Å². The van der Waals surface area contributed by atoms with Gasteiger partial charge in [0.15, 0.2) is 0 Å². The Bertz CT molecular complexity index is 720. The van der Waals surface area contributed by atoms with Gasteiger partial charge in [-0.3, -0.25) is 14.4 Å². The van der Waals surface area contributed by atoms with Crippen molar-refractivity contribution in [1.82, 2.24) is 10.6 Å². The second kappa shape index (κ2) is 13.3. The molecule has 0 saturated carbocycles. The minimum Gasteiger partial charge on any atom is -0.463 e. The van der Waals surface area contributed by atoms with Crippen LogP contribution in [0, 0.1) is 11.8 Å². The minimum absolute atomic E-state index is 0.0639. The van der Waals surface area contributed by atoms with Crippen LogP contribution in [-0.4, -0.2) is 42.1 Å². The molecule has 1 aromatic carbocycles. The highest BCUT2D eigenvalue weighted by atomic mass is 16.5. The van der Waals surface area contributed by atoms with E-state index in [1.807, 2.05) is 30.3 Å². The van der Waals surface area contributed by atoms with E-state index in [1.54, 1.807) is 19.9 Å². The van der Waals surface area contributed by atoms with Crippen LogP contribution in [0.25, 0.3) is 0 Å². The first kappa shape index (κ1) is 25.1. The lowest BCUT2D eigenvalue weighted by atomic mass is 10.0. The highest BCUT2D eigenvalue weighted by molar-refractivity contribution is 6.00. The second-order valence-corrected chi connectivity index (χ2v) is 7.20. The molecule has 0 aromatic heterocycles. The van der Waals surface area contributed by atoms with Crippen LogP contribution in [0.3, 0.4) is 0 Å². The van der Waals surface area contributed by atoms with Crippen molar-refractivity contribution in [3.05, 3.63) is 61.2 Å². The van der Waals surface area contributed by atoms with Crippen LogP contribution in [-0.2, 0) is 19.1 Å². The van der Waals surface area contributed by atoms with Gasteiger partial charge in [0, 0.05) is 6.04 Å². The van der Waals surface area contributed by atoms with Gasteiger partial charge in [-0.15, -0.1) is 13.2 Å². The first-order valence-corrected chi connectivity index (χ1v) is 9.98. The molecular weight excluding hydrogens is 384 g/mol. The van der Waals surface area contributed by atoms with Crippen LogP contribution in [0.15, 0.2) is 55.6 Å². The van der Waals surface area contributed by atoms with Gasteiger partial charge in [0.1, 0.15) is 12.5 Å². The Hall–Kier alpha value is -2.93. The molecule has 0 spiro atoms. The van der Waals surface area contributed by atoms with Crippen molar-refractivity contribution < 1.29 is 24.2 Å². The molecule has 1 rings (SSSR count). The predicted octanol–water partition coefficient (Wildman–Crippen LogP) is 2.29. The van der Waals surface area contributed by atoms with Crippen molar-refractivity contribution in [2.45, 2.75) is 38.8 Å². The smallest absolute Gasteiger partial charge is 0.309 e. The highest BCUT2D eigenvalue weighted by Gasteiger charge is 2.29. The first-order valence-electron chi connectivity index (χ1n) is 9.98. The summed E-state index contributed by atoms with van der Waals surface area (Å²) in [6.07, 6.45) is 3.76. The van der Waals surface area contributed by atoms with E-state index >= 15 is 0 Å². The fraction of sp³-hybridized carbons (Fsp3) is 0.435. The lowest BCUT2D eigenvalue weighted by Crippen LogP contribution is -2.46. The van der Waals surface area contributed by atoms with Gasteiger partial charge in [-0.1, -0.05) is 49.4 Å². The molecule has 4 atom stereocenters. The molecule has 3 N–H and O–H groups in total. The predicted molar refractivity (Wildman–Crippen MR) is 115 cm³/mol. The molecule has 164 valence electrons. The topological polar surface area (TPSA) is 105 Å². The maximum absolute atomic E-state index is 12.9. The number of amides is 2. The summed E-state index contributed by atoms with van der Waals surface area (Å²) in [4.78, 5) is 37.5. The summed E-state index contributed by atoms with van der Waals surface area (Å²) in [6, 6.07) is 7.99. The average Bonchev–Trinajstić information content (AvgIpc) is 2.74. The number of carbonyl (C=O) groups is 3. The second-order valence-electron chi connectivity index (χ2n) is 7.20. The average molecular weight is 417 g/mol. The molecule has 7 heteroatoms. The van der Waals surface area contributed by atoms with Crippen molar-refractivity contribution in [2.75, 3.05) is 13.2 Å². The van der Waals surface area contributed by atoms with Crippen LogP contribution in [0.2, 0.25) is 0 Å². The number of carbonyl (C=O) groups excluding carboxylic acids is 3. The van der Waals surface area contributed by atoms with E-state index in [0.717, 1.165) is 5.56 Å². The summed E-state index contributed by atoms with van der Waals surface area (Å²) < 4.78 is 5.40. The largest absolute Gasteiger partial charge is 0.463 e. The zero-order valence-electron chi connectivity index (χ0n) is 17.7. The molecule has 30 heavy (non-hydrogen) atoms. The molecule has 0 aliphatic heterocycles. The molecule has 0 fully saturated rings. The molecule has 0 radical (unpaired) electrons. The molecule has 1 aromatic rings. The first-order chi connectivity index (χ1) is 14.3. The molecule has 2 amide bonds. The number of aliphatic hydroxyl groups is 1. The van der Waals surface area contributed by atoms with Gasteiger partial charge in [-0.2, -0.15) is 0 Å². The summed E-state index contributed by atoms with van der Waals surface area (Å²) in [5, 5.41) is 14.5. The summed E-state index contributed by atoms with van der Waals surface area (Å²) in [7, 11) is 0. The molecular formula is C23H32N2O5. The number of benzene rings is 1. The van der Waals surface area contributed by atoms with Gasteiger partial charge in [0.25, 0.3) is 0 Å². The zero-order chi connectivity index (χ0) is 22.5. The number of esters is 1. The SMILES string of the molecule is C=CCC(C(=O)N[C@H](C)CO)C(=O)N[C@H](COC(=O)[C@@H](C)CC=C)c1ccccc1. The van der Waals surface area contributed by atoms with Crippen molar-refractivity contribution in [2.24, 2.45) is 11.8 Å². The lowest BCUT2D eigenvalue weighted by Gasteiger charge is -2.23. The summed E-state index contributed by atoms with van der Waals surface area (Å²) in [5.41, 5.74) is 0.747. The van der Waals surface area contributed by atoms with Gasteiger partial charge >= 0.3 is 5.97 Å². The molecule has 0 aliphatic rings. The number of nitrogens with one attached hydrogen (secondary N) is 2. The number of aliphatic hydroxyl groups excluding tert-OH is 1. The van der Waals surface area contributed by atoms with E-state index in [9.17, 15) is 14.4 Å². The molecule has 1 unspecified atom stereocenters. The van der Waals surface area contributed by atoms with Crippen LogP contribution < -0.4 is 10.6 Å². The normalized spacial score (nSPS) is 14.5. The number of allylic oxidation sites excluding steroid dienone is 2. The third-order valence-corrected chi connectivity index (χ3v) is 4.53. The third-order valence-electron chi connectivity index (χ3n) is 4.53. The standard InChI is InChI=1S/C23H32N2O5/c1-5-10-16(3)23(29)30-15-20(18-12-8-7-9-13-18)25-22(28)19(11-6-2)21(27)24-17(4)14-26/h5-9,12-13,16-17,19-20,26H,1-2,10-11,14-15H2,3-4H3,(H,24,27)(H,25,28)/t16-,17+,19?,20+/m0/s1. The van der Waals surface area contributed by atoms with E-state index in [0.29, 0.717) is 6.42 Å². The number of ether oxygens (including phenoxy) is 1. The van der Waals surface area contributed by atoms with E-state index < -0.39 is 29.8 Å². The Morgan fingerprint density at radius 3 is 2.20 bits per heavy atom. The van der Waals surface area contributed by atoms with Crippen molar-refractivity contribution in [3.8, 4) is 0 Å². The van der Waals surface area contributed by atoms with Gasteiger partial charge < -0.3 is 20.5 Å². The molecule has 0 bridgehead atoms. The van der Waals surface area contributed by atoms with Crippen LogP contribution >= 0.6 is 0 Å². The van der Waals surface area contributed by atoms with Crippen LogP contribution in [0.4, 0.5) is 0 Å². The maximum Gasteiger partial charge on any atom is 0.309 e. The third kappa shape index (κ3) is 8.21. The van der Waals surface area contributed by atoms with Gasteiger partial charge in [-0.05, 0) is 25.3 Å². The van der Waals surface area contributed by atoms with Crippen LogP contribution in [0.5, 0.6) is 0 Å². The fourth-order valence-corrected chi connectivity index (χ4v) is 2.72. The van der Waals surface area contributed by atoms with E-state index in [4.69, 9.17) is 9.84 Å². The zero-order valence-corrected chi connectivity index (χ0v) is 17.7. The van der Waals surface area contributed by atoms with Gasteiger partial charge in [0.05, 0.1) is 18.6 Å². The monoisotopic (exact) mass is 416 g/mol. The molecule has 7 nitrogen and oxygen atoms in total. The Labute approximate surface area is 178 Å². The Morgan fingerprint density at radius 2 is 1.63 bits per heavy atom. The molecule has 0 aliphatic carbocycles. The summed E-state index contributed by atoms with van der Waals surface area (Å²) >= 11 is 0. The Balaban J connectivity index is 2.94. The maximum atomic E-state index is 12.9. The van der Waals surface area contributed by atoms with Crippen molar-refractivity contribution in [1.29, 1.82) is 0 Å². The molecule has 0 heterocycles. The lowest BCUT2D eigenvalue weighted by molar-refractivity contribution is -0.149. The minimum atomic E-state index is -1.02. The van der Waals surface area contributed by atoms with Crippen LogP contribution in [0.1, 0.15) is 38.3 Å². The summed E-state index contributed by atoms with van der Waals surface area (Å²) in [5.74, 6) is -2.76. The number of hydrogen-bond donors (Lipinski definition) is 3. The van der Waals surface area contributed by atoms with Crippen molar-refractivity contribution >= 4 is 17.8 Å². The summed E-state index contributed by atoms with van der Waals surface area (Å²) in [6.45, 7) is 10.3. The quantitative estimate of drug-likeness (QED) is 0.260. The van der Waals surface area contributed by atoms with E-state index in [1.165, 1.54) is 6.08 Å². The number of hydrogen-bond acceptors (Lipinski definition) is 5. The molecule has 0 saturated heterocycles. The van der Waals surface area contributed by atoms with E-state index in [-0.39, 0.29) is 31.5 Å². The fourth-order valence-electron chi connectivity index (χ4n) is 2.72. The number of rotatable bonds is 13.